The molecule has 4 rings (SSSR count). The summed E-state index contributed by atoms with van der Waals surface area (Å²) in [4.78, 5) is 0. The lowest BCUT2D eigenvalue weighted by molar-refractivity contribution is -0.659. The molecular weight excluding hydrogens is 524 g/mol. The average Bonchev–Trinajstić information content (AvgIpc) is 3.47. The number of nitrogens with zero attached hydrogens (tertiary/aromatic N) is 10. The second-order valence-corrected chi connectivity index (χ2v) is 9.29. The van der Waals surface area contributed by atoms with E-state index in [2.05, 4.69) is 41.3 Å². The van der Waals surface area contributed by atoms with Gasteiger partial charge in [0.05, 0.1) is 41.9 Å². The molecule has 0 saturated heterocycles. The van der Waals surface area contributed by atoms with E-state index in [4.69, 9.17) is 9.47 Å². The van der Waals surface area contributed by atoms with Gasteiger partial charge in [-0.25, -0.2) is 9.13 Å². The van der Waals surface area contributed by atoms with Gasteiger partial charge in [0.2, 0.25) is 12.7 Å². The van der Waals surface area contributed by atoms with Crippen molar-refractivity contribution < 1.29 is 18.6 Å². The minimum Gasteiger partial charge on any atom is -0.494 e. The highest BCUT2D eigenvalue weighted by atomic mass is 16.5. The highest BCUT2D eigenvalue weighted by Crippen LogP contribution is 2.33. The molecule has 0 amide bonds. The van der Waals surface area contributed by atoms with Gasteiger partial charge in [-0.1, -0.05) is 10.2 Å². The Morgan fingerprint density at radius 3 is 1.68 bits per heavy atom. The number of ether oxygens (including phenoxy) is 2. The number of benzene rings is 2. The van der Waals surface area contributed by atoms with Crippen LogP contribution in [0.4, 0.5) is 34.6 Å². The fourth-order valence-corrected chi connectivity index (χ4v) is 4.00. The van der Waals surface area contributed by atoms with E-state index in [1.807, 2.05) is 71.5 Å². The zero-order valence-corrected chi connectivity index (χ0v) is 24.4. The van der Waals surface area contributed by atoms with Gasteiger partial charge in [0, 0.05) is 46.8 Å². The van der Waals surface area contributed by atoms with Crippen LogP contribution in [0.5, 0.6) is 11.5 Å². The molecule has 216 valence electrons. The molecular formula is C27H38N12O2+2. The zero-order chi connectivity index (χ0) is 29.2. The molecule has 0 aliphatic rings. The highest BCUT2D eigenvalue weighted by molar-refractivity contribution is 5.61. The predicted molar refractivity (Wildman–Crippen MR) is 154 cm³/mol. The number of anilines is 2. The number of aromatic nitrogens is 6. The van der Waals surface area contributed by atoms with E-state index in [0.29, 0.717) is 41.4 Å². The number of methoxy groups -OCH3 is 1. The molecule has 14 nitrogen and oxygen atoms in total. The zero-order valence-electron chi connectivity index (χ0n) is 24.4. The summed E-state index contributed by atoms with van der Waals surface area (Å²) >= 11 is 0. The lowest BCUT2D eigenvalue weighted by Gasteiger charge is -2.11. The molecule has 0 aliphatic carbocycles. The molecule has 0 unspecified atom stereocenters. The molecule has 0 fully saturated rings. The fourth-order valence-electron chi connectivity index (χ4n) is 4.00. The smallest absolute Gasteiger partial charge is 0.403 e. The van der Waals surface area contributed by atoms with Crippen molar-refractivity contribution in [2.45, 2.75) is 19.8 Å². The van der Waals surface area contributed by atoms with Crippen molar-refractivity contribution >= 4 is 34.6 Å². The molecule has 2 heterocycles. The monoisotopic (exact) mass is 562 g/mol. The van der Waals surface area contributed by atoms with Crippen molar-refractivity contribution in [3.63, 3.8) is 0 Å². The second kappa shape index (κ2) is 14.0. The summed E-state index contributed by atoms with van der Waals surface area (Å²) in [5, 5.41) is 32.6. The third kappa shape index (κ3) is 7.62. The van der Waals surface area contributed by atoms with E-state index in [1.54, 1.807) is 38.3 Å². The Labute approximate surface area is 239 Å². The van der Waals surface area contributed by atoms with Gasteiger partial charge in [0.1, 0.15) is 22.9 Å². The maximum atomic E-state index is 5.81. The number of nitrogens with one attached hydrogen (secondary N) is 2. The molecule has 0 radical (unpaired) electrons. The van der Waals surface area contributed by atoms with Gasteiger partial charge >= 0.3 is 11.9 Å². The summed E-state index contributed by atoms with van der Waals surface area (Å²) in [6.07, 6.45) is 5.34. The van der Waals surface area contributed by atoms with Gasteiger partial charge in [0.25, 0.3) is 0 Å². The molecule has 0 bridgehead atoms. The summed E-state index contributed by atoms with van der Waals surface area (Å²) in [6.45, 7) is 4.14. The maximum absolute atomic E-state index is 5.81. The van der Waals surface area contributed by atoms with E-state index in [0.717, 1.165) is 37.3 Å². The quantitative estimate of drug-likeness (QED) is 0.133. The minimum atomic E-state index is 0.537. The van der Waals surface area contributed by atoms with Crippen molar-refractivity contribution in [2.24, 2.45) is 48.6 Å². The molecule has 2 aromatic carbocycles. The van der Waals surface area contributed by atoms with Gasteiger partial charge in [-0.15, -0.1) is 9.36 Å². The summed E-state index contributed by atoms with van der Waals surface area (Å²) in [7, 11) is 9.02. The SMILES string of the molecule is CCOc1cc(NCCCCNc2ccc(/N=N/c3n(C)nc[n+]3C)c(OC)c2)ccc1/N=N/c1n(C)nc[n+]1C. The summed E-state index contributed by atoms with van der Waals surface area (Å²) < 4.78 is 18.3. The van der Waals surface area contributed by atoms with Crippen LogP contribution in [0.25, 0.3) is 0 Å². The van der Waals surface area contributed by atoms with E-state index in [-0.39, 0.29) is 0 Å². The van der Waals surface area contributed by atoms with Crippen LogP contribution >= 0.6 is 0 Å². The van der Waals surface area contributed by atoms with Crippen LogP contribution < -0.4 is 29.2 Å². The van der Waals surface area contributed by atoms with E-state index < -0.39 is 0 Å². The molecule has 4 aromatic rings. The highest BCUT2D eigenvalue weighted by Gasteiger charge is 2.14. The number of rotatable bonds is 14. The minimum absolute atomic E-state index is 0.537. The first-order valence-electron chi connectivity index (χ1n) is 13.4. The lowest BCUT2D eigenvalue weighted by atomic mass is 10.2. The Morgan fingerprint density at radius 2 is 1.24 bits per heavy atom. The maximum Gasteiger partial charge on any atom is 0.403 e. The molecule has 14 heteroatoms. The molecule has 0 aliphatic heterocycles. The molecule has 0 saturated carbocycles. The van der Waals surface area contributed by atoms with Crippen LogP contribution in [0.3, 0.4) is 0 Å². The van der Waals surface area contributed by atoms with Crippen molar-refractivity contribution in [3.8, 4) is 11.5 Å². The number of azo groups is 2. The summed E-state index contributed by atoms with van der Waals surface area (Å²) in [6, 6.07) is 11.6. The Morgan fingerprint density at radius 1 is 0.756 bits per heavy atom. The van der Waals surface area contributed by atoms with E-state index in [9.17, 15) is 0 Å². The van der Waals surface area contributed by atoms with Crippen LogP contribution in [0.2, 0.25) is 0 Å². The molecule has 2 aromatic heterocycles. The van der Waals surface area contributed by atoms with Crippen molar-refractivity contribution in [1.82, 2.24) is 19.6 Å². The first-order valence-corrected chi connectivity index (χ1v) is 13.4. The van der Waals surface area contributed by atoms with Crippen LogP contribution in [0.15, 0.2) is 69.5 Å². The molecule has 0 spiro atoms. The largest absolute Gasteiger partial charge is 0.494 e. The first kappa shape index (κ1) is 29.1. The van der Waals surface area contributed by atoms with Crippen LogP contribution in [-0.4, -0.2) is 46.4 Å². The number of aryl methyl sites for hydroxylation is 4. The topological polar surface area (TPSA) is 135 Å². The van der Waals surface area contributed by atoms with Crippen molar-refractivity contribution in [1.29, 1.82) is 0 Å². The molecule has 0 atom stereocenters. The Kier molecular flexibility index (Phi) is 9.91. The standard InChI is InChI=1S/C27H36N12O2/c1-7-41-25-17-21(11-13-23(25)33-35-27-37(3)19-31-39(27)5)29-15-9-8-14-28-20-10-12-22(24(16-20)40-6)32-34-26-36(2)18-30-38(26)4/h10-13,16-19H,7-9,14-15H2,1-6H3/p+2. The van der Waals surface area contributed by atoms with Crippen molar-refractivity contribution in [2.75, 3.05) is 37.4 Å². The number of unbranched alkanes of at least 4 members (excludes halogenated alkanes) is 1. The van der Waals surface area contributed by atoms with Gasteiger partial charge in [0.15, 0.2) is 0 Å². The Bertz CT molecular complexity index is 1470. The van der Waals surface area contributed by atoms with Crippen LogP contribution in [-0.2, 0) is 28.2 Å². The fraction of sp³-hybridized carbons (Fsp3) is 0.407. The summed E-state index contributed by atoms with van der Waals surface area (Å²) in [5.41, 5.74) is 3.25. The van der Waals surface area contributed by atoms with Crippen LogP contribution in [0, 0.1) is 0 Å². The number of hydrogen-bond acceptors (Lipinski definition) is 10. The van der Waals surface area contributed by atoms with Crippen molar-refractivity contribution in [3.05, 3.63) is 49.1 Å². The number of hydrogen-bond donors (Lipinski definition) is 2. The third-order valence-electron chi connectivity index (χ3n) is 6.20. The van der Waals surface area contributed by atoms with Gasteiger partial charge < -0.3 is 20.1 Å². The lowest BCUT2D eigenvalue weighted by Crippen LogP contribution is -2.25. The van der Waals surface area contributed by atoms with Gasteiger partial charge in [-0.05, 0) is 54.2 Å². The Balaban J connectivity index is 1.25. The summed E-state index contributed by atoms with van der Waals surface area (Å²) in [5.74, 6) is 2.60. The molecule has 41 heavy (non-hydrogen) atoms. The second-order valence-electron chi connectivity index (χ2n) is 9.29. The van der Waals surface area contributed by atoms with Crippen LogP contribution in [0.1, 0.15) is 19.8 Å². The average molecular weight is 563 g/mol. The predicted octanol–water partition coefficient (Wildman–Crippen LogP) is 4.34. The normalized spacial score (nSPS) is 11.5. The first-order chi connectivity index (χ1) is 19.9. The van der Waals surface area contributed by atoms with E-state index >= 15 is 0 Å². The Hall–Kier alpha value is -4.88. The van der Waals surface area contributed by atoms with E-state index in [1.165, 1.54) is 0 Å². The molecule has 2 N–H and O–H groups in total. The van der Waals surface area contributed by atoms with Gasteiger partial charge in [-0.2, -0.15) is 0 Å². The third-order valence-corrected chi connectivity index (χ3v) is 6.20. The van der Waals surface area contributed by atoms with Gasteiger partial charge in [-0.3, -0.25) is 0 Å².